The fraction of sp³-hybridized carbons (Fsp3) is 0.0952. The normalized spacial score (nSPS) is 13.8. The van der Waals surface area contributed by atoms with Crippen LogP contribution in [0.4, 0.5) is 0 Å². The minimum absolute atomic E-state index is 0.112. The van der Waals surface area contributed by atoms with Crippen LogP contribution in [0.1, 0.15) is 28.8 Å². The van der Waals surface area contributed by atoms with Crippen molar-refractivity contribution < 1.29 is 0 Å². The van der Waals surface area contributed by atoms with E-state index in [0.29, 0.717) is 0 Å². The van der Waals surface area contributed by atoms with Crippen LogP contribution < -0.4 is 5.73 Å². The summed E-state index contributed by atoms with van der Waals surface area (Å²) in [4.78, 5) is 4.79. The van der Waals surface area contributed by atoms with Gasteiger partial charge in [0, 0.05) is 6.21 Å². The van der Waals surface area contributed by atoms with Crippen LogP contribution in [0, 0.1) is 0 Å². The molecule has 0 fully saturated rings. The largest absolute Gasteiger partial charge is 0.322 e. The molecule has 0 unspecified atom stereocenters. The molecule has 0 aliphatic heterocycles. The smallest absolute Gasteiger partial charge is 0.0941 e. The van der Waals surface area contributed by atoms with Crippen molar-refractivity contribution >= 4 is 6.21 Å². The second-order valence-corrected chi connectivity index (χ2v) is 5.48. The van der Waals surface area contributed by atoms with Crippen LogP contribution in [0.25, 0.3) is 0 Å². The molecule has 3 rings (SSSR count). The predicted octanol–water partition coefficient (Wildman–Crippen LogP) is 4.55. The van der Waals surface area contributed by atoms with E-state index in [4.69, 9.17) is 10.7 Å². The van der Waals surface area contributed by atoms with E-state index in [1.54, 1.807) is 0 Å². The summed E-state index contributed by atoms with van der Waals surface area (Å²) >= 11 is 0. The van der Waals surface area contributed by atoms with Crippen molar-refractivity contribution in [3.63, 3.8) is 0 Å². The molecule has 2 nitrogen and oxygen atoms in total. The molecular weight excluding hydrogens is 280 g/mol. The topological polar surface area (TPSA) is 38.4 Å². The first-order chi connectivity index (χ1) is 11.3. The molecule has 114 valence electrons. The Balaban J connectivity index is 1.93. The Morgan fingerprint density at radius 1 is 0.652 bits per heavy atom. The molecule has 0 bridgehead atoms. The van der Waals surface area contributed by atoms with Gasteiger partial charge in [0.05, 0.1) is 12.1 Å². The number of nitrogens with zero attached hydrogens (tertiary/aromatic N) is 1. The molecule has 2 heteroatoms. The maximum atomic E-state index is 6.52. The van der Waals surface area contributed by atoms with Crippen LogP contribution in [-0.4, -0.2) is 6.21 Å². The summed E-state index contributed by atoms with van der Waals surface area (Å²) in [6.45, 7) is 0. The van der Waals surface area contributed by atoms with Gasteiger partial charge in [-0.3, -0.25) is 4.99 Å². The molecule has 0 saturated heterocycles. The van der Waals surface area contributed by atoms with Gasteiger partial charge in [0.2, 0.25) is 0 Å². The Morgan fingerprint density at radius 2 is 1.13 bits per heavy atom. The lowest BCUT2D eigenvalue weighted by Crippen LogP contribution is -2.18. The van der Waals surface area contributed by atoms with Gasteiger partial charge in [0.15, 0.2) is 0 Å². The zero-order valence-electron chi connectivity index (χ0n) is 12.9. The van der Waals surface area contributed by atoms with Gasteiger partial charge < -0.3 is 5.73 Å². The summed E-state index contributed by atoms with van der Waals surface area (Å²) in [6, 6.07) is 30.2. The van der Waals surface area contributed by atoms with Gasteiger partial charge in [-0.2, -0.15) is 0 Å². The van der Waals surface area contributed by atoms with Gasteiger partial charge in [-0.1, -0.05) is 91.0 Å². The number of benzene rings is 3. The van der Waals surface area contributed by atoms with E-state index in [2.05, 4.69) is 24.3 Å². The SMILES string of the molecule is N[C@@H](c1ccccc1)[C@@H](N=Cc1ccccc1)c1ccccc1. The summed E-state index contributed by atoms with van der Waals surface area (Å²) in [5.74, 6) is 0. The lowest BCUT2D eigenvalue weighted by atomic mass is 9.94. The lowest BCUT2D eigenvalue weighted by molar-refractivity contribution is 0.579. The van der Waals surface area contributed by atoms with Crippen molar-refractivity contribution in [3.05, 3.63) is 108 Å². The number of nitrogens with two attached hydrogens (primary N) is 1. The summed E-state index contributed by atoms with van der Waals surface area (Å²) < 4.78 is 0. The standard InChI is InChI=1S/C21H20N2/c22-20(18-12-6-2-7-13-18)21(19-14-8-3-9-15-19)23-16-17-10-4-1-5-11-17/h1-16,20-21H,22H2/t20-,21-/m0/s1. The Kier molecular flexibility index (Phi) is 4.97. The van der Waals surface area contributed by atoms with Crippen LogP contribution in [0.15, 0.2) is 96.0 Å². The summed E-state index contributed by atoms with van der Waals surface area (Å²) in [6.07, 6.45) is 1.90. The van der Waals surface area contributed by atoms with E-state index < -0.39 is 0 Å². The van der Waals surface area contributed by atoms with Gasteiger partial charge in [-0.25, -0.2) is 0 Å². The number of rotatable bonds is 5. The molecule has 3 aromatic rings. The van der Waals surface area contributed by atoms with Crippen molar-refractivity contribution in [1.29, 1.82) is 0 Å². The molecule has 0 radical (unpaired) electrons. The van der Waals surface area contributed by atoms with Gasteiger partial charge in [0.1, 0.15) is 0 Å². The average Bonchev–Trinajstić information content (AvgIpc) is 2.64. The monoisotopic (exact) mass is 300 g/mol. The summed E-state index contributed by atoms with van der Waals surface area (Å²) in [5.41, 5.74) is 9.81. The van der Waals surface area contributed by atoms with Crippen molar-refractivity contribution in [2.24, 2.45) is 10.7 Å². The number of aliphatic imine (C=N–C) groups is 1. The first-order valence-corrected chi connectivity index (χ1v) is 7.78. The van der Waals surface area contributed by atoms with Gasteiger partial charge in [-0.05, 0) is 16.7 Å². The molecule has 0 heterocycles. The third-order valence-corrected chi connectivity index (χ3v) is 3.85. The quantitative estimate of drug-likeness (QED) is 0.690. The molecule has 0 spiro atoms. The van der Waals surface area contributed by atoms with E-state index in [1.807, 2.05) is 72.9 Å². The Hall–Kier alpha value is -2.71. The van der Waals surface area contributed by atoms with E-state index in [-0.39, 0.29) is 12.1 Å². The van der Waals surface area contributed by atoms with Gasteiger partial charge in [-0.15, -0.1) is 0 Å². The zero-order chi connectivity index (χ0) is 15.9. The van der Waals surface area contributed by atoms with E-state index in [0.717, 1.165) is 16.7 Å². The van der Waals surface area contributed by atoms with Crippen LogP contribution in [0.5, 0.6) is 0 Å². The fourth-order valence-corrected chi connectivity index (χ4v) is 2.60. The highest BCUT2D eigenvalue weighted by Crippen LogP contribution is 2.30. The molecule has 0 saturated carbocycles. The summed E-state index contributed by atoms with van der Waals surface area (Å²) in [7, 11) is 0. The van der Waals surface area contributed by atoms with Gasteiger partial charge in [0.25, 0.3) is 0 Å². The number of hydrogen-bond donors (Lipinski definition) is 1. The Labute approximate surface area is 137 Å². The highest BCUT2D eigenvalue weighted by atomic mass is 14.9. The molecule has 23 heavy (non-hydrogen) atoms. The third kappa shape index (κ3) is 3.93. The highest BCUT2D eigenvalue weighted by Gasteiger charge is 2.19. The minimum atomic E-state index is -0.182. The predicted molar refractivity (Wildman–Crippen MR) is 96.6 cm³/mol. The van der Waals surface area contributed by atoms with Crippen molar-refractivity contribution in [2.45, 2.75) is 12.1 Å². The molecule has 0 aliphatic carbocycles. The highest BCUT2D eigenvalue weighted by molar-refractivity contribution is 5.79. The fourth-order valence-electron chi connectivity index (χ4n) is 2.60. The maximum absolute atomic E-state index is 6.52. The van der Waals surface area contributed by atoms with Crippen LogP contribution in [0.2, 0.25) is 0 Å². The van der Waals surface area contributed by atoms with Crippen LogP contribution in [-0.2, 0) is 0 Å². The average molecular weight is 300 g/mol. The molecule has 0 aliphatic rings. The van der Waals surface area contributed by atoms with E-state index in [1.165, 1.54) is 0 Å². The maximum Gasteiger partial charge on any atom is 0.0941 e. The van der Waals surface area contributed by atoms with Crippen molar-refractivity contribution in [1.82, 2.24) is 0 Å². The first kappa shape index (κ1) is 15.2. The molecule has 3 aromatic carbocycles. The Bertz CT molecular complexity index is 737. The lowest BCUT2D eigenvalue weighted by Gasteiger charge is -2.21. The van der Waals surface area contributed by atoms with Crippen LogP contribution in [0.3, 0.4) is 0 Å². The molecular formula is C21H20N2. The Morgan fingerprint density at radius 3 is 1.70 bits per heavy atom. The van der Waals surface area contributed by atoms with E-state index in [9.17, 15) is 0 Å². The number of hydrogen-bond acceptors (Lipinski definition) is 2. The first-order valence-electron chi connectivity index (χ1n) is 7.78. The zero-order valence-corrected chi connectivity index (χ0v) is 12.9. The second-order valence-electron chi connectivity index (χ2n) is 5.48. The molecule has 2 atom stereocenters. The minimum Gasteiger partial charge on any atom is -0.322 e. The van der Waals surface area contributed by atoms with E-state index >= 15 is 0 Å². The molecule has 0 aromatic heterocycles. The second kappa shape index (κ2) is 7.52. The third-order valence-electron chi connectivity index (χ3n) is 3.85. The molecule has 2 N–H and O–H groups in total. The van der Waals surface area contributed by atoms with Crippen molar-refractivity contribution in [2.75, 3.05) is 0 Å². The van der Waals surface area contributed by atoms with Crippen molar-refractivity contribution in [3.8, 4) is 0 Å². The van der Waals surface area contributed by atoms with Gasteiger partial charge >= 0.3 is 0 Å². The van der Waals surface area contributed by atoms with Crippen LogP contribution >= 0.6 is 0 Å². The molecule has 0 amide bonds. The summed E-state index contributed by atoms with van der Waals surface area (Å²) in [5, 5.41) is 0.